The average Bonchev–Trinajstić information content (AvgIpc) is 2.89. The quantitative estimate of drug-likeness (QED) is 0.816. The number of carbonyl (C=O) groups is 1. The lowest BCUT2D eigenvalue weighted by Crippen LogP contribution is -2.24. The van der Waals surface area contributed by atoms with E-state index in [1.54, 1.807) is 6.92 Å². The highest BCUT2D eigenvalue weighted by molar-refractivity contribution is 5.96. The van der Waals surface area contributed by atoms with E-state index in [1.165, 1.54) is 12.1 Å². The van der Waals surface area contributed by atoms with Crippen LogP contribution in [0.1, 0.15) is 27.6 Å². The van der Waals surface area contributed by atoms with Gasteiger partial charge in [-0.2, -0.15) is 4.98 Å². The van der Waals surface area contributed by atoms with E-state index in [-0.39, 0.29) is 18.7 Å². The number of rotatable bonds is 3. The summed E-state index contributed by atoms with van der Waals surface area (Å²) in [6, 6.07) is 3.66. The summed E-state index contributed by atoms with van der Waals surface area (Å²) in [6.07, 6.45) is 0. The largest absolute Gasteiger partial charge is 0.384 e. The van der Waals surface area contributed by atoms with Gasteiger partial charge in [-0.05, 0) is 18.2 Å². The maximum atomic E-state index is 13.3. The van der Waals surface area contributed by atoms with Gasteiger partial charge in [-0.15, -0.1) is 0 Å². The van der Waals surface area contributed by atoms with Crippen molar-refractivity contribution in [2.24, 2.45) is 0 Å². The predicted octanol–water partition coefficient (Wildman–Crippen LogP) is 0.791. The molecule has 1 heterocycles. The lowest BCUT2D eigenvalue weighted by molar-refractivity contribution is 0.0949. The Balaban J connectivity index is 2.15. The molecule has 2 N–H and O–H groups in total. The predicted molar refractivity (Wildman–Crippen MR) is 70.6 cm³/mol. The molecule has 1 amide bonds. The molecule has 0 radical (unpaired) electrons. The van der Waals surface area contributed by atoms with Gasteiger partial charge in [0.25, 0.3) is 5.91 Å². The number of aromatic nitrogens is 2. The number of benzene rings is 1. The molecule has 0 bridgehead atoms. The van der Waals surface area contributed by atoms with E-state index in [1.807, 2.05) is 0 Å². The van der Waals surface area contributed by atoms with Gasteiger partial charge in [-0.3, -0.25) is 4.79 Å². The normalized spacial score (nSPS) is 9.86. The Bertz CT molecular complexity index is 716. The number of aliphatic hydroxyl groups is 1. The topological polar surface area (TPSA) is 88.2 Å². The van der Waals surface area contributed by atoms with E-state index in [4.69, 9.17) is 9.63 Å². The molecule has 2 rings (SSSR count). The summed E-state index contributed by atoms with van der Waals surface area (Å²) in [5, 5.41) is 14.9. The van der Waals surface area contributed by atoms with Crippen molar-refractivity contribution >= 4 is 5.91 Å². The molecule has 0 saturated heterocycles. The second-order valence-electron chi connectivity index (χ2n) is 4.06. The van der Waals surface area contributed by atoms with Crippen molar-refractivity contribution in [1.82, 2.24) is 15.5 Å². The van der Waals surface area contributed by atoms with Gasteiger partial charge in [0.15, 0.2) is 5.82 Å². The molecule has 0 aliphatic carbocycles. The van der Waals surface area contributed by atoms with E-state index >= 15 is 0 Å². The van der Waals surface area contributed by atoms with Gasteiger partial charge in [-0.1, -0.05) is 17.0 Å². The van der Waals surface area contributed by atoms with E-state index in [2.05, 4.69) is 27.3 Å². The fourth-order valence-corrected chi connectivity index (χ4v) is 1.62. The van der Waals surface area contributed by atoms with Gasteiger partial charge in [0.05, 0.1) is 12.1 Å². The summed E-state index contributed by atoms with van der Waals surface area (Å²) in [7, 11) is 0. The number of nitrogens with one attached hydrogen (secondary N) is 1. The highest BCUT2D eigenvalue weighted by Crippen LogP contribution is 2.10. The maximum Gasteiger partial charge on any atom is 0.253 e. The zero-order chi connectivity index (χ0) is 15.2. The van der Waals surface area contributed by atoms with Crippen LogP contribution in [0.25, 0.3) is 0 Å². The molecule has 0 fully saturated rings. The summed E-state index contributed by atoms with van der Waals surface area (Å²) in [4.78, 5) is 16.0. The molecule has 0 spiro atoms. The Hall–Kier alpha value is -2.72. The van der Waals surface area contributed by atoms with Crippen LogP contribution < -0.4 is 5.32 Å². The number of halogens is 1. The van der Waals surface area contributed by atoms with Crippen molar-refractivity contribution in [2.75, 3.05) is 6.61 Å². The van der Waals surface area contributed by atoms with Crippen LogP contribution in [0.15, 0.2) is 22.7 Å². The summed E-state index contributed by atoms with van der Waals surface area (Å²) >= 11 is 0. The Labute approximate surface area is 120 Å². The minimum atomic E-state index is -0.551. The van der Waals surface area contributed by atoms with Crippen LogP contribution in [-0.4, -0.2) is 27.8 Å². The molecule has 0 aliphatic rings. The Morgan fingerprint density at radius 1 is 1.52 bits per heavy atom. The van der Waals surface area contributed by atoms with Crippen molar-refractivity contribution in [3.63, 3.8) is 0 Å². The Kier molecular flexibility index (Phi) is 4.64. The van der Waals surface area contributed by atoms with Gasteiger partial charge >= 0.3 is 0 Å². The number of nitrogens with zero attached hydrogens (tertiary/aromatic N) is 2. The van der Waals surface area contributed by atoms with E-state index < -0.39 is 11.7 Å². The van der Waals surface area contributed by atoms with Crippen LogP contribution >= 0.6 is 0 Å². The monoisotopic (exact) mass is 289 g/mol. The number of hydrogen-bond donors (Lipinski definition) is 2. The first-order chi connectivity index (χ1) is 10.1. The minimum Gasteiger partial charge on any atom is -0.384 e. The van der Waals surface area contributed by atoms with Crippen LogP contribution in [0, 0.1) is 24.6 Å². The molecule has 0 saturated carbocycles. The number of carbonyl (C=O) groups excluding carboxylic acids is 1. The first kappa shape index (κ1) is 14.7. The molecule has 0 unspecified atom stereocenters. The number of aryl methyl sites for hydroxylation is 1. The zero-order valence-corrected chi connectivity index (χ0v) is 11.2. The summed E-state index contributed by atoms with van der Waals surface area (Å²) in [6.45, 7) is 1.34. The second kappa shape index (κ2) is 6.63. The molecule has 1 aromatic carbocycles. The molecule has 6 nitrogen and oxygen atoms in total. The van der Waals surface area contributed by atoms with Gasteiger partial charge < -0.3 is 14.9 Å². The van der Waals surface area contributed by atoms with E-state index in [9.17, 15) is 9.18 Å². The van der Waals surface area contributed by atoms with Crippen molar-refractivity contribution < 1.29 is 18.8 Å². The molecule has 0 atom stereocenters. The van der Waals surface area contributed by atoms with Crippen LogP contribution in [0.5, 0.6) is 0 Å². The molecule has 2 aromatic rings. The molecule has 21 heavy (non-hydrogen) atoms. The molecular weight excluding hydrogens is 277 g/mol. The van der Waals surface area contributed by atoms with Crippen LogP contribution in [0.3, 0.4) is 0 Å². The Morgan fingerprint density at radius 3 is 3.00 bits per heavy atom. The van der Waals surface area contributed by atoms with Crippen molar-refractivity contribution in [1.29, 1.82) is 0 Å². The maximum absolute atomic E-state index is 13.3. The van der Waals surface area contributed by atoms with Gasteiger partial charge in [0.2, 0.25) is 5.89 Å². The number of amides is 1. The van der Waals surface area contributed by atoms with Crippen LogP contribution in [0.4, 0.5) is 4.39 Å². The highest BCUT2D eigenvalue weighted by atomic mass is 19.1. The van der Waals surface area contributed by atoms with E-state index in [0.717, 1.165) is 6.07 Å². The highest BCUT2D eigenvalue weighted by Gasteiger charge is 2.12. The third-order valence-electron chi connectivity index (χ3n) is 2.51. The third-order valence-corrected chi connectivity index (χ3v) is 2.51. The fourth-order valence-electron chi connectivity index (χ4n) is 1.62. The number of hydrogen-bond acceptors (Lipinski definition) is 5. The number of aliphatic hydroxyl groups excluding tert-OH is 1. The smallest absolute Gasteiger partial charge is 0.253 e. The second-order valence-corrected chi connectivity index (χ2v) is 4.06. The van der Waals surface area contributed by atoms with Crippen LogP contribution in [0.2, 0.25) is 0 Å². The molecule has 1 aromatic heterocycles. The fraction of sp³-hybridized carbons (Fsp3) is 0.214. The first-order valence-electron chi connectivity index (χ1n) is 6.07. The standard InChI is InChI=1S/C14H12FN3O3/c1-9-17-13(18-21-9)8-16-14(20)12-7-11(15)5-4-10(12)3-2-6-19/h4-5,7,19H,6,8H2,1H3,(H,16,20). The van der Waals surface area contributed by atoms with Gasteiger partial charge in [0.1, 0.15) is 12.4 Å². The molecule has 7 heteroatoms. The average molecular weight is 289 g/mol. The zero-order valence-electron chi connectivity index (χ0n) is 11.2. The summed E-state index contributed by atoms with van der Waals surface area (Å²) in [5.41, 5.74) is 0.406. The van der Waals surface area contributed by atoms with E-state index in [0.29, 0.717) is 17.3 Å². The van der Waals surface area contributed by atoms with Crippen molar-refractivity contribution in [3.05, 3.63) is 46.9 Å². The first-order valence-corrected chi connectivity index (χ1v) is 6.07. The third kappa shape index (κ3) is 3.87. The lowest BCUT2D eigenvalue weighted by Gasteiger charge is -2.05. The van der Waals surface area contributed by atoms with Gasteiger partial charge in [0, 0.05) is 12.5 Å². The van der Waals surface area contributed by atoms with Gasteiger partial charge in [-0.25, -0.2) is 4.39 Å². The minimum absolute atomic E-state index is 0.0551. The SMILES string of the molecule is Cc1nc(CNC(=O)c2cc(F)ccc2C#CCO)no1. The lowest BCUT2D eigenvalue weighted by atomic mass is 10.1. The molecular formula is C14H12FN3O3. The van der Waals surface area contributed by atoms with Crippen LogP contribution in [-0.2, 0) is 6.54 Å². The summed E-state index contributed by atoms with van der Waals surface area (Å²) in [5.74, 6) is 4.66. The summed E-state index contributed by atoms with van der Waals surface area (Å²) < 4.78 is 18.1. The Morgan fingerprint density at radius 2 is 2.33 bits per heavy atom. The molecule has 0 aliphatic heterocycles. The van der Waals surface area contributed by atoms with Crippen molar-refractivity contribution in [3.8, 4) is 11.8 Å². The van der Waals surface area contributed by atoms with Crippen molar-refractivity contribution in [2.45, 2.75) is 13.5 Å². The molecule has 108 valence electrons.